The molecule has 1 aromatic carbocycles. The first-order chi connectivity index (χ1) is 9.81. The summed E-state index contributed by atoms with van der Waals surface area (Å²) in [5, 5.41) is 7.43. The van der Waals surface area contributed by atoms with Crippen LogP contribution in [0.4, 0.5) is 0 Å². The summed E-state index contributed by atoms with van der Waals surface area (Å²) in [4.78, 5) is 6.85. The number of nitrogens with one attached hydrogen (secondary N) is 1. The third kappa shape index (κ3) is 4.95. The van der Waals surface area contributed by atoms with Crippen LogP contribution in [-0.2, 0) is 13.0 Å². The summed E-state index contributed by atoms with van der Waals surface area (Å²) >= 11 is 0. The first kappa shape index (κ1) is 18.9. The van der Waals surface area contributed by atoms with Crippen molar-refractivity contribution in [1.82, 2.24) is 20.4 Å². The Hall–Kier alpha value is -1.14. The fourth-order valence-electron chi connectivity index (χ4n) is 2.47. The Kier molecular flexibility index (Phi) is 7.82. The molecule has 2 heterocycles. The highest BCUT2D eigenvalue weighted by atomic mass is 35.5. The molecule has 0 aliphatic carbocycles. The molecular formula is C15H22Cl2N4O. The van der Waals surface area contributed by atoms with Gasteiger partial charge in [-0.25, -0.2) is 0 Å². The molecule has 1 aliphatic heterocycles. The van der Waals surface area contributed by atoms with E-state index in [1.807, 2.05) is 12.1 Å². The quantitative estimate of drug-likeness (QED) is 0.921. The highest BCUT2D eigenvalue weighted by Gasteiger charge is 2.14. The van der Waals surface area contributed by atoms with Crippen molar-refractivity contribution in [3.8, 4) is 0 Å². The molecule has 5 nitrogen and oxygen atoms in total. The molecule has 1 N–H and O–H groups in total. The lowest BCUT2D eigenvalue weighted by Crippen LogP contribution is -2.43. The molecule has 0 radical (unpaired) electrons. The van der Waals surface area contributed by atoms with Crippen LogP contribution in [0.1, 0.15) is 22.8 Å². The number of aryl methyl sites for hydroxylation is 1. The van der Waals surface area contributed by atoms with Gasteiger partial charge in [0.05, 0.1) is 13.0 Å². The van der Waals surface area contributed by atoms with Crippen LogP contribution in [0.3, 0.4) is 0 Å². The van der Waals surface area contributed by atoms with Crippen LogP contribution in [0.5, 0.6) is 0 Å². The zero-order valence-electron chi connectivity index (χ0n) is 12.6. The largest absolute Gasteiger partial charge is 0.339 e. The summed E-state index contributed by atoms with van der Waals surface area (Å²) < 4.78 is 5.36. The Bertz CT molecular complexity index is 570. The van der Waals surface area contributed by atoms with Crippen LogP contribution >= 0.6 is 24.8 Å². The van der Waals surface area contributed by atoms with E-state index < -0.39 is 0 Å². The van der Waals surface area contributed by atoms with Gasteiger partial charge in [-0.05, 0) is 18.1 Å². The first-order valence-electron chi connectivity index (χ1n) is 7.10. The van der Waals surface area contributed by atoms with Gasteiger partial charge in [-0.3, -0.25) is 4.90 Å². The lowest BCUT2D eigenvalue weighted by molar-refractivity contribution is 0.224. The van der Waals surface area contributed by atoms with Crippen molar-refractivity contribution in [2.75, 3.05) is 26.2 Å². The second kappa shape index (κ2) is 9.10. The average molecular weight is 345 g/mol. The van der Waals surface area contributed by atoms with E-state index in [-0.39, 0.29) is 24.8 Å². The van der Waals surface area contributed by atoms with E-state index in [0.29, 0.717) is 12.3 Å². The summed E-state index contributed by atoms with van der Waals surface area (Å²) in [7, 11) is 0. The van der Waals surface area contributed by atoms with Gasteiger partial charge in [0, 0.05) is 26.2 Å². The Morgan fingerprint density at radius 3 is 2.64 bits per heavy atom. The van der Waals surface area contributed by atoms with Crippen LogP contribution in [0.2, 0.25) is 0 Å². The number of nitrogens with zero attached hydrogens (tertiary/aromatic N) is 3. The van der Waals surface area contributed by atoms with Crippen molar-refractivity contribution in [1.29, 1.82) is 0 Å². The number of hydrogen-bond donors (Lipinski definition) is 1. The van der Waals surface area contributed by atoms with E-state index >= 15 is 0 Å². The molecule has 7 heteroatoms. The number of hydrogen-bond acceptors (Lipinski definition) is 5. The first-order valence-corrected chi connectivity index (χ1v) is 7.10. The molecule has 0 saturated carbocycles. The minimum Gasteiger partial charge on any atom is -0.339 e. The molecule has 3 rings (SSSR count). The minimum absolute atomic E-state index is 0. The second-order valence-corrected chi connectivity index (χ2v) is 5.23. The van der Waals surface area contributed by atoms with Crippen molar-refractivity contribution in [3.63, 3.8) is 0 Å². The maximum absolute atomic E-state index is 5.36. The van der Waals surface area contributed by atoms with Crippen molar-refractivity contribution >= 4 is 24.8 Å². The van der Waals surface area contributed by atoms with E-state index in [1.165, 1.54) is 11.1 Å². The van der Waals surface area contributed by atoms with Crippen LogP contribution < -0.4 is 5.32 Å². The van der Waals surface area contributed by atoms with Crippen LogP contribution in [0.15, 0.2) is 28.8 Å². The molecule has 0 amide bonds. The summed E-state index contributed by atoms with van der Waals surface area (Å²) in [6, 6.07) is 8.30. The SMILES string of the molecule is Cc1ccccc1Cc1nc(CN2CCNCC2)no1.Cl.Cl. The summed E-state index contributed by atoms with van der Waals surface area (Å²) in [6.07, 6.45) is 0.710. The molecular weight excluding hydrogens is 323 g/mol. The van der Waals surface area contributed by atoms with Crippen molar-refractivity contribution in [2.45, 2.75) is 19.9 Å². The molecule has 22 heavy (non-hydrogen) atoms. The molecule has 2 aromatic rings. The van der Waals surface area contributed by atoms with E-state index in [0.717, 1.165) is 38.5 Å². The summed E-state index contributed by atoms with van der Waals surface area (Å²) in [5.74, 6) is 1.49. The van der Waals surface area contributed by atoms with Crippen molar-refractivity contribution < 1.29 is 4.52 Å². The molecule has 0 atom stereocenters. The molecule has 0 spiro atoms. The number of halogens is 2. The van der Waals surface area contributed by atoms with Gasteiger partial charge in [0.15, 0.2) is 5.82 Å². The van der Waals surface area contributed by atoms with E-state index in [1.54, 1.807) is 0 Å². The van der Waals surface area contributed by atoms with Crippen LogP contribution in [0, 0.1) is 6.92 Å². The van der Waals surface area contributed by atoms with Gasteiger partial charge >= 0.3 is 0 Å². The number of rotatable bonds is 4. The van der Waals surface area contributed by atoms with Crippen LogP contribution in [0.25, 0.3) is 0 Å². The monoisotopic (exact) mass is 344 g/mol. The normalized spacial score (nSPS) is 15.0. The summed E-state index contributed by atoms with van der Waals surface area (Å²) in [5.41, 5.74) is 2.50. The summed E-state index contributed by atoms with van der Waals surface area (Å²) in [6.45, 7) is 7.04. The fourth-order valence-corrected chi connectivity index (χ4v) is 2.47. The standard InChI is InChI=1S/C15H20N4O.2ClH/c1-12-4-2-3-5-13(12)10-15-17-14(18-20-15)11-19-8-6-16-7-9-19;;/h2-5,16H,6-11H2,1H3;2*1H. The molecule has 1 aromatic heterocycles. The van der Waals surface area contributed by atoms with Gasteiger partial charge in [-0.15, -0.1) is 24.8 Å². The van der Waals surface area contributed by atoms with Gasteiger partial charge in [-0.1, -0.05) is 29.4 Å². The fraction of sp³-hybridized carbons (Fsp3) is 0.467. The second-order valence-electron chi connectivity index (χ2n) is 5.23. The lowest BCUT2D eigenvalue weighted by Gasteiger charge is -2.25. The average Bonchev–Trinajstić information content (AvgIpc) is 2.90. The molecule has 122 valence electrons. The van der Waals surface area contributed by atoms with Gasteiger partial charge in [0.25, 0.3) is 0 Å². The molecule has 1 saturated heterocycles. The van der Waals surface area contributed by atoms with Gasteiger partial charge in [0.1, 0.15) is 0 Å². The van der Waals surface area contributed by atoms with Crippen molar-refractivity contribution in [3.05, 3.63) is 47.1 Å². The van der Waals surface area contributed by atoms with Gasteiger partial charge in [-0.2, -0.15) is 4.98 Å². The molecule has 1 fully saturated rings. The number of benzene rings is 1. The lowest BCUT2D eigenvalue weighted by atomic mass is 10.1. The number of aromatic nitrogens is 2. The van der Waals surface area contributed by atoms with E-state index in [2.05, 4.69) is 39.4 Å². The predicted molar refractivity (Wildman–Crippen MR) is 90.9 cm³/mol. The maximum atomic E-state index is 5.36. The zero-order valence-corrected chi connectivity index (χ0v) is 14.3. The molecule has 1 aliphatic rings. The third-order valence-corrected chi connectivity index (χ3v) is 3.69. The topological polar surface area (TPSA) is 54.2 Å². The minimum atomic E-state index is 0. The Balaban J connectivity index is 0.00000121. The third-order valence-electron chi connectivity index (χ3n) is 3.69. The molecule has 0 unspecified atom stereocenters. The zero-order chi connectivity index (χ0) is 13.8. The highest BCUT2D eigenvalue weighted by molar-refractivity contribution is 5.85. The van der Waals surface area contributed by atoms with Crippen molar-refractivity contribution in [2.24, 2.45) is 0 Å². The highest BCUT2D eigenvalue weighted by Crippen LogP contribution is 2.12. The van der Waals surface area contributed by atoms with Crippen LogP contribution in [-0.4, -0.2) is 41.2 Å². The Morgan fingerprint density at radius 2 is 1.91 bits per heavy atom. The number of piperazine rings is 1. The van der Waals surface area contributed by atoms with Gasteiger partial charge < -0.3 is 9.84 Å². The smallest absolute Gasteiger partial charge is 0.231 e. The van der Waals surface area contributed by atoms with Gasteiger partial charge in [0.2, 0.25) is 5.89 Å². The maximum Gasteiger partial charge on any atom is 0.231 e. The Morgan fingerprint density at radius 1 is 1.18 bits per heavy atom. The van der Waals surface area contributed by atoms with E-state index in [4.69, 9.17) is 4.52 Å². The van der Waals surface area contributed by atoms with E-state index in [9.17, 15) is 0 Å². The predicted octanol–water partition coefficient (Wildman–Crippen LogP) is 2.22. The molecule has 0 bridgehead atoms. The Labute approximate surface area is 143 Å².